The van der Waals surface area contributed by atoms with Gasteiger partial charge in [0.1, 0.15) is 0 Å². The molecule has 0 aliphatic carbocycles. The Hall–Kier alpha value is -1.06. The first-order chi connectivity index (χ1) is 7.61. The Bertz CT molecular complexity index is 327. The fourth-order valence-corrected chi connectivity index (χ4v) is 1.69. The van der Waals surface area contributed by atoms with Crippen LogP contribution >= 0.6 is 0 Å². The van der Waals surface area contributed by atoms with Crippen molar-refractivity contribution in [2.45, 2.75) is 25.9 Å². The Morgan fingerprint density at radius 1 is 1.31 bits per heavy atom. The van der Waals surface area contributed by atoms with Crippen LogP contribution in [0.2, 0.25) is 0 Å². The van der Waals surface area contributed by atoms with Gasteiger partial charge in [0.15, 0.2) is 0 Å². The van der Waals surface area contributed by atoms with E-state index < -0.39 is 0 Å². The van der Waals surface area contributed by atoms with E-state index in [9.17, 15) is 5.11 Å². The monoisotopic (exact) mass is 222 g/mol. The molecule has 16 heavy (non-hydrogen) atoms. The van der Waals surface area contributed by atoms with Gasteiger partial charge in [-0.25, -0.2) is 0 Å². The summed E-state index contributed by atoms with van der Waals surface area (Å²) in [5.41, 5.74) is 2.43. The smallest absolute Gasteiger partial charge is 0.0632 e. The topological polar surface area (TPSA) is 35.5 Å². The van der Waals surface area contributed by atoms with Crippen LogP contribution in [0, 0.1) is 0 Å². The lowest BCUT2D eigenvalue weighted by atomic mass is 10.0. The molecule has 0 fully saturated rings. The zero-order valence-corrected chi connectivity index (χ0v) is 10.6. The summed E-state index contributed by atoms with van der Waals surface area (Å²) in [5.74, 6) is 0. The minimum Gasteiger partial charge on any atom is -0.394 e. The third-order valence-corrected chi connectivity index (χ3v) is 3.14. The Kier molecular flexibility index (Phi) is 4.77. The van der Waals surface area contributed by atoms with Gasteiger partial charge < -0.3 is 15.3 Å². The van der Waals surface area contributed by atoms with Crippen LogP contribution in [0.15, 0.2) is 24.3 Å². The SMILES string of the molecule is CNC(C)c1ccccc1N(C)C(C)CO. The summed E-state index contributed by atoms with van der Waals surface area (Å²) in [7, 11) is 3.97. The lowest BCUT2D eigenvalue weighted by Gasteiger charge is -2.29. The summed E-state index contributed by atoms with van der Waals surface area (Å²) in [6.45, 7) is 4.32. The maximum atomic E-state index is 9.20. The van der Waals surface area contributed by atoms with E-state index >= 15 is 0 Å². The van der Waals surface area contributed by atoms with Gasteiger partial charge >= 0.3 is 0 Å². The summed E-state index contributed by atoms with van der Waals surface area (Å²) in [6.07, 6.45) is 0. The number of hydrogen-bond donors (Lipinski definition) is 2. The fourth-order valence-electron chi connectivity index (χ4n) is 1.69. The molecule has 2 atom stereocenters. The molecule has 0 amide bonds. The van der Waals surface area contributed by atoms with Crippen molar-refractivity contribution < 1.29 is 5.11 Å². The zero-order valence-electron chi connectivity index (χ0n) is 10.6. The van der Waals surface area contributed by atoms with E-state index in [1.165, 1.54) is 11.3 Å². The molecule has 0 aliphatic heterocycles. The Morgan fingerprint density at radius 2 is 1.94 bits per heavy atom. The summed E-state index contributed by atoms with van der Waals surface area (Å²) in [4.78, 5) is 2.11. The third kappa shape index (κ3) is 2.74. The van der Waals surface area contributed by atoms with Gasteiger partial charge in [-0.15, -0.1) is 0 Å². The quantitative estimate of drug-likeness (QED) is 0.797. The van der Waals surface area contributed by atoms with E-state index in [2.05, 4.69) is 29.3 Å². The van der Waals surface area contributed by atoms with Gasteiger partial charge in [0.05, 0.1) is 6.61 Å². The second-order valence-electron chi connectivity index (χ2n) is 4.21. The van der Waals surface area contributed by atoms with Crippen molar-refractivity contribution in [1.29, 1.82) is 0 Å². The molecular formula is C13H22N2O. The first-order valence-electron chi connectivity index (χ1n) is 5.71. The second kappa shape index (κ2) is 5.87. The molecule has 0 spiro atoms. The highest BCUT2D eigenvalue weighted by Crippen LogP contribution is 2.26. The molecule has 0 aromatic heterocycles. The molecule has 90 valence electrons. The van der Waals surface area contributed by atoms with Crippen molar-refractivity contribution in [1.82, 2.24) is 5.32 Å². The number of nitrogens with zero attached hydrogens (tertiary/aromatic N) is 1. The van der Waals surface area contributed by atoms with E-state index in [-0.39, 0.29) is 12.6 Å². The Morgan fingerprint density at radius 3 is 2.50 bits per heavy atom. The third-order valence-electron chi connectivity index (χ3n) is 3.14. The van der Waals surface area contributed by atoms with Gasteiger partial charge in [0, 0.05) is 24.8 Å². The molecule has 0 radical (unpaired) electrons. The number of benzene rings is 1. The lowest BCUT2D eigenvalue weighted by molar-refractivity contribution is 0.270. The summed E-state index contributed by atoms with van der Waals surface area (Å²) in [6, 6.07) is 8.73. The molecule has 3 nitrogen and oxygen atoms in total. The first kappa shape index (κ1) is 13.0. The van der Waals surface area contributed by atoms with Crippen LogP contribution in [0.4, 0.5) is 5.69 Å². The highest BCUT2D eigenvalue weighted by atomic mass is 16.3. The van der Waals surface area contributed by atoms with Crippen LogP contribution in [-0.2, 0) is 0 Å². The Balaban J connectivity index is 3.03. The number of aliphatic hydroxyl groups excluding tert-OH is 1. The molecule has 0 saturated heterocycles. The van der Waals surface area contributed by atoms with E-state index in [0.29, 0.717) is 6.04 Å². The molecule has 1 aromatic carbocycles. The highest BCUT2D eigenvalue weighted by Gasteiger charge is 2.14. The van der Waals surface area contributed by atoms with Crippen LogP contribution in [0.5, 0.6) is 0 Å². The van der Waals surface area contributed by atoms with E-state index in [0.717, 1.165) is 0 Å². The normalized spacial score (nSPS) is 14.6. The summed E-state index contributed by atoms with van der Waals surface area (Å²) in [5, 5.41) is 12.4. The van der Waals surface area contributed by atoms with E-state index in [1.54, 1.807) is 0 Å². The molecule has 1 rings (SSSR count). The molecule has 2 N–H and O–H groups in total. The number of aliphatic hydroxyl groups is 1. The minimum absolute atomic E-state index is 0.130. The van der Waals surface area contributed by atoms with Crippen molar-refractivity contribution >= 4 is 5.69 Å². The first-order valence-corrected chi connectivity index (χ1v) is 5.71. The van der Waals surface area contributed by atoms with Crippen LogP contribution in [0.1, 0.15) is 25.5 Å². The van der Waals surface area contributed by atoms with Gasteiger partial charge in [-0.2, -0.15) is 0 Å². The predicted molar refractivity (Wildman–Crippen MR) is 68.9 cm³/mol. The standard InChI is InChI=1S/C13H22N2O/c1-10(9-16)15(4)13-8-6-5-7-12(13)11(2)14-3/h5-8,10-11,14,16H,9H2,1-4H3. The van der Waals surface area contributed by atoms with Crippen molar-refractivity contribution in [3.63, 3.8) is 0 Å². The maximum absolute atomic E-state index is 9.20. The molecule has 2 unspecified atom stereocenters. The number of nitrogens with one attached hydrogen (secondary N) is 1. The predicted octanol–water partition coefficient (Wildman–Crippen LogP) is 1.78. The number of likely N-dealkylation sites (N-methyl/N-ethyl adjacent to an activating group) is 1. The molecule has 3 heteroatoms. The average molecular weight is 222 g/mol. The van der Waals surface area contributed by atoms with E-state index in [4.69, 9.17) is 0 Å². The summed E-state index contributed by atoms with van der Waals surface area (Å²) >= 11 is 0. The molecule has 0 heterocycles. The number of anilines is 1. The zero-order chi connectivity index (χ0) is 12.1. The number of para-hydroxylation sites is 1. The number of rotatable bonds is 5. The molecule has 0 bridgehead atoms. The fraction of sp³-hybridized carbons (Fsp3) is 0.538. The Labute approximate surface area is 98.1 Å². The van der Waals surface area contributed by atoms with Crippen LogP contribution in [0.25, 0.3) is 0 Å². The largest absolute Gasteiger partial charge is 0.394 e. The van der Waals surface area contributed by atoms with Crippen molar-refractivity contribution in [3.8, 4) is 0 Å². The average Bonchev–Trinajstić information content (AvgIpc) is 2.35. The van der Waals surface area contributed by atoms with Gasteiger partial charge in [-0.3, -0.25) is 0 Å². The summed E-state index contributed by atoms with van der Waals surface area (Å²) < 4.78 is 0. The molecule has 0 aliphatic rings. The lowest BCUT2D eigenvalue weighted by Crippen LogP contribution is -2.33. The van der Waals surface area contributed by atoms with E-state index in [1.807, 2.05) is 33.2 Å². The second-order valence-corrected chi connectivity index (χ2v) is 4.21. The van der Waals surface area contributed by atoms with Gasteiger partial charge in [0.2, 0.25) is 0 Å². The molecule has 1 aromatic rings. The van der Waals surface area contributed by atoms with Crippen LogP contribution in [-0.4, -0.2) is 31.9 Å². The highest BCUT2D eigenvalue weighted by molar-refractivity contribution is 5.55. The van der Waals surface area contributed by atoms with Crippen LogP contribution < -0.4 is 10.2 Å². The van der Waals surface area contributed by atoms with Gasteiger partial charge in [-0.05, 0) is 32.5 Å². The number of hydrogen-bond acceptors (Lipinski definition) is 3. The van der Waals surface area contributed by atoms with Gasteiger partial charge in [0.25, 0.3) is 0 Å². The molecular weight excluding hydrogens is 200 g/mol. The maximum Gasteiger partial charge on any atom is 0.0632 e. The van der Waals surface area contributed by atoms with Crippen LogP contribution in [0.3, 0.4) is 0 Å². The minimum atomic E-state index is 0.130. The molecule has 0 saturated carbocycles. The van der Waals surface area contributed by atoms with Crippen molar-refractivity contribution in [2.75, 3.05) is 25.6 Å². The van der Waals surface area contributed by atoms with Gasteiger partial charge in [-0.1, -0.05) is 18.2 Å². The van der Waals surface area contributed by atoms with Crippen molar-refractivity contribution in [3.05, 3.63) is 29.8 Å². The van der Waals surface area contributed by atoms with Crippen molar-refractivity contribution in [2.24, 2.45) is 0 Å².